The van der Waals surface area contributed by atoms with Crippen LogP contribution in [0.2, 0.25) is 18.1 Å². The Bertz CT molecular complexity index is 598. The van der Waals surface area contributed by atoms with E-state index in [4.69, 9.17) is 9.16 Å². The van der Waals surface area contributed by atoms with Gasteiger partial charge in [-0.15, -0.1) is 0 Å². The minimum absolute atomic E-state index is 0.00482. The molecule has 0 aromatic carbocycles. The predicted octanol–water partition coefficient (Wildman–Crippen LogP) is 5.93. The monoisotopic (exact) mass is 438 g/mol. The Labute approximate surface area is 185 Å². The summed E-state index contributed by atoms with van der Waals surface area (Å²) in [4.78, 5) is 12.3. The van der Waals surface area contributed by atoms with Crippen LogP contribution in [0.15, 0.2) is 0 Å². The van der Waals surface area contributed by atoms with Crippen LogP contribution in [0.1, 0.15) is 86.0 Å². The molecule has 8 atom stereocenters. The van der Waals surface area contributed by atoms with E-state index in [1.807, 2.05) is 0 Å². The molecule has 0 spiro atoms. The number of hydrogen-bond acceptors (Lipinski definition) is 4. The molecule has 0 radical (unpaired) electrons. The lowest BCUT2D eigenvalue weighted by molar-refractivity contribution is -0.160. The first kappa shape index (κ1) is 24.3. The molecule has 2 aliphatic carbocycles. The van der Waals surface area contributed by atoms with E-state index in [1.165, 1.54) is 19.3 Å². The molecule has 1 aliphatic heterocycles. The number of carbonyl (C=O) groups is 1. The normalized spacial score (nSPS) is 40.6. The van der Waals surface area contributed by atoms with E-state index >= 15 is 0 Å². The Morgan fingerprint density at radius 1 is 1.10 bits per heavy atom. The van der Waals surface area contributed by atoms with Crippen molar-refractivity contribution in [3.05, 3.63) is 0 Å². The van der Waals surface area contributed by atoms with Crippen LogP contribution in [0, 0.1) is 29.6 Å². The van der Waals surface area contributed by atoms with Gasteiger partial charge in [0.15, 0.2) is 8.32 Å². The predicted molar refractivity (Wildman–Crippen MR) is 124 cm³/mol. The molecule has 0 aromatic rings. The molecular weight excluding hydrogens is 392 g/mol. The Kier molecular flexibility index (Phi) is 7.46. The third-order valence-electron chi connectivity index (χ3n) is 8.86. The number of aliphatic hydroxyl groups excluding tert-OH is 1. The highest BCUT2D eigenvalue weighted by molar-refractivity contribution is 6.74. The topological polar surface area (TPSA) is 55.8 Å². The molecule has 174 valence electrons. The maximum absolute atomic E-state index is 12.3. The van der Waals surface area contributed by atoms with Gasteiger partial charge in [0.05, 0.1) is 18.6 Å². The second kappa shape index (κ2) is 9.23. The Morgan fingerprint density at radius 2 is 1.80 bits per heavy atom. The number of esters is 1. The van der Waals surface area contributed by atoms with Gasteiger partial charge in [0.2, 0.25) is 0 Å². The van der Waals surface area contributed by atoms with Crippen molar-refractivity contribution in [1.29, 1.82) is 0 Å². The maximum atomic E-state index is 12.3. The fourth-order valence-corrected chi connectivity index (χ4v) is 7.60. The van der Waals surface area contributed by atoms with E-state index in [9.17, 15) is 9.90 Å². The second-order valence-corrected chi connectivity index (χ2v) is 17.1. The molecule has 0 bridgehead atoms. The molecule has 4 nitrogen and oxygen atoms in total. The number of fused-ring (bicyclic) bond motifs is 1. The molecule has 3 rings (SSSR count). The largest absolute Gasteiger partial charge is 0.462 e. The van der Waals surface area contributed by atoms with Gasteiger partial charge < -0.3 is 14.3 Å². The van der Waals surface area contributed by atoms with E-state index in [0.29, 0.717) is 36.0 Å². The van der Waals surface area contributed by atoms with E-state index in [2.05, 4.69) is 47.7 Å². The first-order valence-electron chi connectivity index (χ1n) is 12.4. The minimum Gasteiger partial charge on any atom is -0.462 e. The summed E-state index contributed by atoms with van der Waals surface area (Å²) in [5, 5.41) is 11.0. The van der Waals surface area contributed by atoms with Crippen molar-refractivity contribution in [2.75, 3.05) is 0 Å². The van der Waals surface area contributed by atoms with Gasteiger partial charge >= 0.3 is 5.97 Å². The van der Waals surface area contributed by atoms with Crippen LogP contribution in [-0.2, 0) is 14.0 Å². The van der Waals surface area contributed by atoms with Crippen molar-refractivity contribution in [3.8, 4) is 0 Å². The molecule has 3 aliphatic rings. The molecular formula is C25H46O4Si. The van der Waals surface area contributed by atoms with Crippen molar-refractivity contribution in [2.24, 2.45) is 29.6 Å². The van der Waals surface area contributed by atoms with Gasteiger partial charge in [-0.05, 0) is 79.8 Å². The summed E-state index contributed by atoms with van der Waals surface area (Å²) in [6, 6.07) is 0. The molecule has 0 aromatic heterocycles. The summed E-state index contributed by atoms with van der Waals surface area (Å²) < 4.78 is 12.3. The average Bonchev–Trinajstić information content (AvgIpc) is 2.59. The van der Waals surface area contributed by atoms with Crippen molar-refractivity contribution in [3.63, 3.8) is 0 Å². The molecule has 1 N–H and O–H groups in total. The van der Waals surface area contributed by atoms with E-state index in [1.54, 1.807) is 0 Å². The summed E-state index contributed by atoms with van der Waals surface area (Å²) in [5.74, 6) is 2.84. The Balaban J connectivity index is 1.60. The smallest absolute Gasteiger partial charge is 0.308 e. The van der Waals surface area contributed by atoms with Gasteiger partial charge in [0.25, 0.3) is 0 Å². The zero-order valence-corrected chi connectivity index (χ0v) is 21.4. The quantitative estimate of drug-likeness (QED) is 0.427. The van der Waals surface area contributed by atoms with Crippen LogP contribution in [0.25, 0.3) is 0 Å². The van der Waals surface area contributed by atoms with Gasteiger partial charge in [-0.3, -0.25) is 4.79 Å². The van der Waals surface area contributed by atoms with Gasteiger partial charge in [-0.25, -0.2) is 0 Å². The van der Waals surface area contributed by atoms with Crippen LogP contribution in [0.4, 0.5) is 0 Å². The van der Waals surface area contributed by atoms with Crippen molar-refractivity contribution in [1.82, 2.24) is 0 Å². The maximum Gasteiger partial charge on any atom is 0.308 e. The number of cyclic esters (lactones) is 1. The molecule has 2 saturated carbocycles. The highest BCUT2D eigenvalue weighted by Gasteiger charge is 2.45. The third kappa shape index (κ3) is 5.50. The lowest BCUT2D eigenvalue weighted by Crippen LogP contribution is -2.47. The minimum atomic E-state index is -1.90. The van der Waals surface area contributed by atoms with Gasteiger partial charge in [0, 0.05) is 6.42 Å². The number of hydrogen-bond donors (Lipinski definition) is 1. The first-order chi connectivity index (χ1) is 13.9. The number of rotatable bonds is 5. The second-order valence-electron chi connectivity index (χ2n) is 12.3. The Morgan fingerprint density at radius 3 is 2.47 bits per heavy atom. The zero-order valence-electron chi connectivity index (χ0n) is 20.4. The SMILES string of the molecule is C[C@@H]1CC2CC[C@H](C)[C@H](CC[C@@H]3C[C@@H](O[Si](C)(C)C(C)(C)C)CC(=O)O3)[C@@H]2[C@@H](O)C1. The van der Waals surface area contributed by atoms with Crippen molar-refractivity contribution in [2.45, 2.75) is 122 Å². The summed E-state index contributed by atoms with van der Waals surface area (Å²) in [6.45, 7) is 15.9. The zero-order chi connectivity index (χ0) is 22.3. The molecule has 1 unspecified atom stereocenters. The number of carbonyl (C=O) groups excluding carboxylic acids is 1. The standard InChI is InChI=1S/C25H46O4Si/c1-16-12-18-9-8-17(2)21(24(18)22(26)13-16)11-10-19-14-20(15-23(27)28-19)29-30(6,7)25(3,4)5/h16-22,24,26H,8-15H2,1-7H3/t16-,17+,18?,19-,20-,21+,22+,24-/m1/s1. The number of ether oxygens (including phenoxy) is 1. The highest BCUT2D eigenvalue weighted by Crippen LogP contribution is 2.49. The third-order valence-corrected chi connectivity index (χ3v) is 13.4. The van der Waals surface area contributed by atoms with Gasteiger partial charge in [-0.1, -0.05) is 41.0 Å². The number of aliphatic hydroxyl groups is 1. The summed E-state index contributed by atoms with van der Waals surface area (Å²) in [7, 11) is -1.90. The van der Waals surface area contributed by atoms with Crippen molar-refractivity contribution >= 4 is 14.3 Å². The fraction of sp³-hybridized carbons (Fsp3) is 0.960. The lowest BCUT2D eigenvalue weighted by atomic mass is 9.58. The van der Waals surface area contributed by atoms with Crippen LogP contribution in [0.3, 0.4) is 0 Å². The summed E-state index contributed by atoms with van der Waals surface area (Å²) >= 11 is 0. The van der Waals surface area contributed by atoms with Crippen LogP contribution < -0.4 is 0 Å². The molecule has 30 heavy (non-hydrogen) atoms. The van der Waals surface area contributed by atoms with Gasteiger partial charge in [0.1, 0.15) is 6.10 Å². The Hall–Kier alpha value is -0.393. The molecule has 5 heteroatoms. The molecule has 3 fully saturated rings. The van der Waals surface area contributed by atoms with E-state index in [-0.39, 0.29) is 29.3 Å². The van der Waals surface area contributed by atoms with Crippen molar-refractivity contribution < 1.29 is 19.1 Å². The van der Waals surface area contributed by atoms with Crippen LogP contribution in [-0.4, -0.2) is 37.7 Å². The summed E-state index contributed by atoms with van der Waals surface area (Å²) in [6.07, 6.45) is 7.74. The average molecular weight is 439 g/mol. The first-order valence-corrected chi connectivity index (χ1v) is 15.3. The van der Waals surface area contributed by atoms with Crippen LogP contribution >= 0.6 is 0 Å². The lowest BCUT2D eigenvalue weighted by Gasteiger charge is -2.49. The van der Waals surface area contributed by atoms with E-state index in [0.717, 1.165) is 25.7 Å². The highest BCUT2D eigenvalue weighted by atomic mass is 28.4. The van der Waals surface area contributed by atoms with Gasteiger partial charge in [-0.2, -0.15) is 0 Å². The molecule has 1 heterocycles. The molecule has 1 saturated heterocycles. The summed E-state index contributed by atoms with van der Waals surface area (Å²) in [5.41, 5.74) is 0. The molecule has 0 amide bonds. The van der Waals surface area contributed by atoms with E-state index < -0.39 is 8.32 Å². The fourth-order valence-electron chi connectivity index (χ4n) is 6.23. The van der Waals surface area contributed by atoms with Crippen LogP contribution in [0.5, 0.6) is 0 Å².